The van der Waals surface area contributed by atoms with Gasteiger partial charge in [0.05, 0.1) is 58.0 Å². The van der Waals surface area contributed by atoms with Gasteiger partial charge in [-0.25, -0.2) is 14.6 Å². The number of carbonyl (C=O) groups is 1. The van der Waals surface area contributed by atoms with Gasteiger partial charge in [-0.3, -0.25) is 4.79 Å². The highest BCUT2D eigenvalue weighted by atomic mass is 16.5. The molecule has 0 spiro atoms. The van der Waals surface area contributed by atoms with E-state index in [1.54, 1.807) is 7.11 Å². The summed E-state index contributed by atoms with van der Waals surface area (Å²) in [5.74, 6) is 0.455. The first-order valence-electron chi connectivity index (χ1n) is 17.3. The molecule has 15 heteroatoms. The number of rotatable bonds is 17. The van der Waals surface area contributed by atoms with Crippen molar-refractivity contribution in [2.45, 2.75) is 39.3 Å². The van der Waals surface area contributed by atoms with Crippen molar-refractivity contribution in [3.63, 3.8) is 0 Å². The van der Waals surface area contributed by atoms with E-state index in [-0.39, 0.29) is 11.9 Å². The summed E-state index contributed by atoms with van der Waals surface area (Å²) >= 11 is 0. The fourth-order valence-corrected chi connectivity index (χ4v) is 5.73. The molecule has 0 saturated carbocycles. The Bertz CT molecular complexity index is 1850. The Labute approximate surface area is 297 Å². The van der Waals surface area contributed by atoms with Crippen LogP contribution in [0.2, 0.25) is 0 Å². The zero-order chi connectivity index (χ0) is 36.0. The van der Waals surface area contributed by atoms with Crippen LogP contribution in [0.15, 0.2) is 47.1 Å². The maximum Gasteiger partial charge on any atom is 0.292 e. The number of nitrogens with one attached hydrogen (secondary N) is 1. The minimum Gasteiger partial charge on any atom is -0.424 e. The molecule has 4 heterocycles. The van der Waals surface area contributed by atoms with Gasteiger partial charge < -0.3 is 45.0 Å². The van der Waals surface area contributed by atoms with Crippen molar-refractivity contribution in [2.24, 2.45) is 0 Å². The van der Waals surface area contributed by atoms with Crippen molar-refractivity contribution in [3.8, 4) is 11.3 Å². The maximum atomic E-state index is 12.7. The monoisotopic (exact) mass is 703 g/mol. The Morgan fingerprint density at radius 1 is 0.961 bits per heavy atom. The van der Waals surface area contributed by atoms with E-state index in [0.29, 0.717) is 86.1 Å². The lowest BCUT2D eigenvalue weighted by Gasteiger charge is -2.29. The second kappa shape index (κ2) is 19.1. The summed E-state index contributed by atoms with van der Waals surface area (Å²) < 4.78 is 28.1. The van der Waals surface area contributed by atoms with Crippen LogP contribution in [0.4, 0.5) is 11.8 Å². The number of nitrogens with two attached hydrogens (primary N) is 2. The minimum absolute atomic E-state index is 0.103. The number of hydrogen-bond acceptors (Lipinski definition) is 13. The summed E-state index contributed by atoms with van der Waals surface area (Å²) in [4.78, 5) is 27.5. The number of amides is 1. The lowest BCUT2D eigenvalue weighted by Crippen LogP contribution is -2.36. The molecule has 0 saturated heterocycles. The van der Waals surface area contributed by atoms with Crippen LogP contribution >= 0.6 is 0 Å². The summed E-state index contributed by atoms with van der Waals surface area (Å²) in [6.07, 6.45) is 3.69. The molecule has 2 aromatic carbocycles. The number of aromatic nitrogens is 5. The van der Waals surface area contributed by atoms with Gasteiger partial charge >= 0.3 is 0 Å². The van der Waals surface area contributed by atoms with Crippen LogP contribution in [0.3, 0.4) is 0 Å². The molecule has 1 amide bonds. The molecular weight excluding hydrogens is 654 g/mol. The number of carbonyl (C=O) groups excluding carboxylic acids is 1. The predicted molar refractivity (Wildman–Crippen MR) is 195 cm³/mol. The van der Waals surface area contributed by atoms with Gasteiger partial charge in [-0.15, -0.1) is 0 Å². The zero-order valence-corrected chi connectivity index (χ0v) is 29.7. The van der Waals surface area contributed by atoms with Gasteiger partial charge in [0, 0.05) is 38.9 Å². The molecular formula is C36H49N9O6. The molecule has 0 unspecified atom stereocenters. The van der Waals surface area contributed by atoms with E-state index in [1.807, 2.05) is 34.8 Å². The van der Waals surface area contributed by atoms with Gasteiger partial charge in [-0.05, 0) is 54.8 Å². The molecule has 274 valence electrons. The van der Waals surface area contributed by atoms with Crippen molar-refractivity contribution >= 4 is 39.9 Å². The molecule has 0 aliphatic carbocycles. The molecule has 1 aliphatic rings. The first-order chi connectivity index (χ1) is 24.9. The highest BCUT2D eigenvalue weighted by molar-refractivity contribution is 5.99. The van der Waals surface area contributed by atoms with Crippen molar-refractivity contribution < 1.29 is 28.2 Å². The Morgan fingerprint density at radius 2 is 1.76 bits per heavy atom. The normalized spacial score (nSPS) is 12.6. The Balaban J connectivity index is 0.000000398. The predicted octanol–water partition coefficient (Wildman–Crippen LogP) is 3.43. The molecule has 0 bridgehead atoms. The third kappa shape index (κ3) is 10.2. The lowest BCUT2D eigenvalue weighted by atomic mass is 9.97. The van der Waals surface area contributed by atoms with Gasteiger partial charge in [0.25, 0.3) is 6.01 Å². The third-order valence-corrected chi connectivity index (χ3v) is 8.31. The number of oxazole rings is 1. The average Bonchev–Trinajstić information content (AvgIpc) is 3.70. The summed E-state index contributed by atoms with van der Waals surface area (Å²) in [5, 5.41) is 8.58. The fourth-order valence-electron chi connectivity index (χ4n) is 5.73. The number of fused-ring (bicyclic) bond motifs is 3. The van der Waals surface area contributed by atoms with E-state index in [9.17, 15) is 4.79 Å². The molecule has 0 atom stereocenters. The summed E-state index contributed by atoms with van der Waals surface area (Å²) in [7, 11) is 3.54. The first kappa shape index (κ1) is 37.6. The van der Waals surface area contributed by atoms with E-state index < -0.39 is 0 Å². The molecule has 0 fully saturated rings. The largest absolute Gasteiger partial charge is 0.424 e. The Kier molecular flexibility index (Phi) is 14.1. The molecule has 3 aromatic heterocycles. The van der Waals surface area contributed by atoms with Crippen LogP contribution in [0.1, 0.15) is 36.5 Å². The summed E-state index contributed by atoms with van der Waals surface area (Å²) in [6, 6.07) is 12.0. The molecule has 15 nitrogen and oxygen atoms in total. The number of benzene rings is 2. The second-order valence-corrected chi connectivity index (χ2v) is 12.1. The standard InChI is InChI=1S/C28H30N8O4.C8H19NO2/c1-38-10-11-39-9-7-23(37)35-8-6-18-12-17(2-3-20(18)15-35)14-36-27-24(26(29)31-16-32-27)25(34-36)19-4-5-22-21(13-19)33-28(30)40-22;1-3-5-10-7-8-11-6-4-9-2/h2-5,12-13,16H,6-11,14-15H2,1H3,(H2,30,33)(H2,29,31,32);9H,3-8H2,1-2H3. The Morgan fingerprint density at radius 3 is 2.57 bits per heavy atom. The molecule has 5 N–H and O–H groups in total. The van der Waals surface area contributed by atoms with Crippen LogP contribution < -0.4 is 16.8 Å². The topological polar surface area (TPSA) is 191 Å². The van der Waals surface area contributed by atoms with Crippen LogP contribution in [0, 0.1) is 0 Å². The highest BCUT2D eigenvalue weighted by Crippen LogP contribution is 2.33. The third-order valence-electron chi connectivity index (χ3n) is 8.31. The van der Waals surface area contributed by atoms with Gasteiger partial charge in [0.15, 0.2) is 11.2 Å². The van der Waals surface area contributed by atoms with Crippen molar-refractivity contribution in [1.82, 2.24) is 34.9 Å². The number of methoxy groups -OCH3 is 1. The molecule has 51 heavy (non-hydrogen) atoms. The quantitative estimate of drug-likeness (QED) is 0.120. The molecule has 5 aromatic rings. The SMILES string of the molecule is CCCOCCOCCNC.COCCOCCC(=O)N1CCc2cc(Cn3nc(-c4ccc5oc(N)nc5c4)c4c(N)ncnc43)ccc2C1. The summed E-state index contributed by atoms with van der Waals surface area (Å²) in [5.41, 5.74) is 18.8. The van der Waals surface area contributed by atoms with Crippen LogP contribution in [0.25, 0.3) is 33.4 Å². The molecule has 6 rings (SSSR count). The van der Waals surface area contributed by atoms with E-state index >= 15 is 0 Å². The van der Waals surface area contributed by atoms with Gasteiger partial charge in [0.2, 0.25) is 5.91 Å². The van der Waals surface area contributed by atoms with E-state index in [4.69, 9.17) is 39.9 Å². The van der Waals surface area contributed by atoms with Gasteiger partial charge in [-0.2, -0.15) is 10.1 Å². The first-order valence-corrected chi connectivity index (χ1v) is 17.3. The van der Waals surface area contributed by atoms with Crippen molar-refractivity contribution in [1.29, 1.82) is 0 Å². The number of ether oxygens (including phenoxy) is 4. The number of likely N-dealkylation sites (N-methyl/N-ethyl adjacent to an activating group) is 1. The van der Waals surface area contributed by atoms with Crippen LogP contribution in [0.5, 0.6) is 0 Å². The average molecular weight is 704 g/mol. The smallest absolute Gasteiger partial charge is 0.292 e. The molecule has 0 radical (unpaired) electrons. The number of hydrogen-bond donors (Lipinski definition) is 3. The highest BCUT2D eigenvalue weighted by Gasteiger charge is 2.22. The minimum atomic E-state index is 0.103. The summed E-state index contributed by atoms with van der Waals surface area (Å²) in [6.45, 7) is 9.25. The maximum absolute atomic E-state index is 12.7. The van der Waals surface area contributed by atoms with Crippen LogP contribution in [-0.4, -0.2) is 109 Å². The van der Waals surface area contributed by atoms with Gasteiger partial charge in [-0.1, -0.05) is 25.1 Å². The zero-order valence-electron chi connectivity index (χ0n) is 29.7. The Hall–Kier alpha value is -4.67. The second-order valence-electron chi connectivity index (χ2n) is 12.1. The van der Waals surface area contributed by atoms with Crippen molar-refractivity contribution in [3.05, 3.63) is 59.4 Å². The van der Waals surface area contributed by atoms with Gasteiger partial charge in [0.1, 0.15) is 23.4 Å². The fraction of sp³-hybridized carbons (Fsp3) is 0.472. The number of nitrogen functional groups attached to an aromatic ring is 2. The van der Waals surface area contributed by atoms with E-state index in [2.05, 4.69) is 45.4 Å². The number of anilines is 2. The van der Waals surface area contributed by atoms with Crippen LogP contribution in [-0.2, 0) is 43.3 Å². The number of nitrogens with zero attached hydrogens (tertiary/aromatic N) is 6. The lowest BCUT2D eigenvalue weighted by molar-refractivity contribution is -0.133. The van der Waals surface area contributed by atoms with Crippen molar-refractivity contribution in [2.75, 3.05) is 85.0 Å². The van der Waals surface area contributed by atoms with E-state index in [0.717, 1.165) is 55.9 Å². The molecule has 1 aliphatic heterocycles. The van der Waals surface area contributed by atoms with E-state index in [1.165, 1.54) is 11.9 Å².